The maximum atomic E-state index is 12.4. The highest BCUT2D eigenvalue weighted by Gasteiger charge is 2.32. The van der Waals surface area contributed by atoms with E-state index in [2.05, 4.69) is 27.8 Å². The van der Waals surface area contributed by atoms with Crippen molar-refractivity contribution in [3.63, 3.8) is 0 Å². The molecule has 0 nitrogen and oxygen atoms in total. The van der Waals surface area contributed by atoms with Crippen molar-refractivity contribution in [2.24, 2.45) is 0 Å². The van der Waals surface area contributed by atoms with Crippen LogP contribution in [0.25, 0.3) is 0 Å². The van der Waals surface area contributed by atoms with E-state index in [9.17, 15) is 13.2 Å². The summed E-state index contributed by atoms with van der Waals surface area (Å²) in [6, 6.07) is 5.27. The zero-order valence-corrected chi connectivity index (χ0v) is 8.61. The Morgan fingerprint density at radius 2 is 1.86 bits per heavy atom. The maximum absolute atomic E-state index is 12.4. The van der Waals surface area contributed by atoms with Gasteiger partial charge in [0, 0.05) is 5.56 Å². The van der Waals surface area contributed by atoms with Crippen molar-refractivity contribution in [2.45, 2.75) is 6.18 Å². The lowest BCUT2D eigenvalue weighted by Crippen LogP contribution is -2.07. The first-order valence-electron chi connectivity index (χ1n) is 3.77. The van der Waals surface area contributed by atoms with Gasteiger partial charge in [0.05, 0.1) is 10.9 Å². The van der Waals surface area contributed by atoms with E-state index < -0.39 is 11.7 Å². The van der Waals surface area contributed by atoms with Crippen molar-refractivity contribution < 1.29 is 13.2 Å². The predicted molar refractivity (Wildman–Crippen MR) is 52.1 cm³/mol. The molecule has 0 aromatic heterocycles. The van der Waals surface area contributed by atoms with Gasteiger partial charge in [0.2, 0.25) is 0 Å². The first-order chi connectivity index (χ1) is 6.55. The van der Waals surface area contributed by atoms with Gasteiger partial charge in [-0.05, 0) is 12.1 Å². The number of benzene rings is 1. The molecule has 0 bridgehead atoms. The molecule has 4 heteroatoms. The van der Waals surface area contributed by atoms with Crippen LogP contribution in [0.4, 0.5) is 13.2 Å². The van der Waals surface area contributed by atoms with Crippen LogP contribution >= 0.6 is 15.9 Å². The highest BCUT2D eigenvalue weighted by atomic mass is 79.9. The smallest absolute Gasteiger partial charge is 0.166 e. The monoisotopic (exact) mass is 262 g/mol. The lowest BCUT2D eigenvalue weighted by atomic mass is 10.1. The SMILES string of the molecule is FC(F)(F)c1ccccc1C#CCBr. The average Bonchev–Trinajstić information content (AvgIpc) is 2.14. The Balaban J connectivity index is 3.16. The number of hydrogen-bond donors (Lipinski definition) is 0. The Morgan fingerprint density at radius 3 is 2.43 bits per heavy atom. The molecule has 0 unspecified atom stereocenters. The highest BCUT2D eigenvalue weighted by Crippen LogP contribution is 2.31. The fourth-order valence-corrected chi connectivity index (χ4v) is 1.11. The number of rotatable bonds is 0. The zero-order chi connectivity index (χ0) is 10.6. The summed E-state index contributed by atoms with van der Waals surface area (Å²) in [6.45, 7) is 0. The number of hydrogen-bond acceptors (Lipinski definition) is 0. The van der Waals surface area contributed by atoms with Gasteiger partial charge in [0.15, 0.2) is 0 Å². The van der Waals surface area contributed by atoms with Crippen LogP contribution in [0.2, 0.25) is 0 Å². The van der Waals surface area contributed by atoms with Crippen molar-refractivity contribution in [2.75, 3.05) is 5.33 Å². The molecule has 74 valence electrons. The van der Waals surface area contributed by atoms with E-state index in [0.29, 0.717) is 5.33 Å². The normalized spacial score (nSPS) is 10.6. The molecule has 0 amide bonds. The standard InChI is InChI=1S/C10H6BrF3/c11-7-3-5-8-4-1-2-6-9(8)10(12,13)14/h1-2,4,6H,7H2. The third-order valence-electron chi connectivity index (χ3n) is 1.52. The van der Waals surface area contributed by atoms with Gasteiger partial charge >= 0.3 is 6.18 Å². The van der Waals surface area contributed by atoms with E-state index in [0.717, 1.165) is 6.07 Å². The molecule has 0 N–H and O–H groups in total. The topological polar surface area (TPSA) is 0 Å². The molecule has 0 aliphatic carbocycles. The van der Waals surface area contributed by atoms with Crippen LogP contribution in [0.3, 0.4) is 0 Å². The number of alkyl halides is 4. The molecule has 0 saturated carbocycles. The van der Waals surface area contributed by atoms with E-state index in [-0.39, 0.29) is 5.56 Å². The van der Waals surface area contributed by atoms with Crippen LogP contribution in [0.5, 0.6) is 0 Å². The van der Waals surface area contributed by atoms with Crippen LogP contribution in [0.15, 0.2) is 24.3 Å². The molecule has 14 heavy (non-hydrogen) atoms. The third-order valence-corrected chi connectivity index (χ3v) is 1.80. The van der Waals surface area contributed by atoms with Crippen molar-refractivity contribution >= 4 is 15.9 Å². The van der Waals surface area contributed by atoms with Gasteiger partial charge in [-0.3, -0.25) is 0 Å². The molecule has 0 aliphatic rings. The van der Waals surface area contributed by atoms with Crippen LogP contribution in [0, 0.1) is 11.8 Å². The van der Waals surface area contributed by atoms with E-state index in [4.69, 9.17) is 0 Å². The molecule has 0 saturated heterocycles. The Bertz CT molecular complexity index is 371. The Morgan fingerprint density at radius 1 is 1.21 bits per heavy atom. The second kappa shape index (κ2) is 4.52. The molecular formula is C10H6BrF3. The van der Waals surface area contributed by atoms with Crippen LogP contribution < -0.4 is 0 Å². The lowest BCUT2D eigenvalue weighted by molar-refractivity contribution is -0.137. The van der Waals surface area contributed by atoms with Crippen LogP contribution in [-0.4, -0.2) is 5.33 Å². The summed E-state index contributed by atoms with van der Waals surface area (Å²) >= 11 is 3.03. The summed E-state index contributed by atoms with van der Waals surface area (Å²) in [5.41, 5.74) is -0.673. The summed E-state index contributed by atoms with van der Waals surface area (Å²) in [5, 5.41) is 0.360. The molecule has 0 fully saturated rings. The highest BCUT2D eigenvalue weighted by molar-refractivity contribution is 9.09. The average molecular weight is 263 g/mol. The van der Waals surface area contributed by atoms with Crippen molar-refractivity contribution in [3.8, 4) is 11.8 Å². The first-order valence-corrected chi connectivity index (χ1v) is 4.89. The van der Waals surface area contributed by atoms with Gasteiger partial charge in [0.25, 0.3) is 0 Å². The summed E-state index contributed by atoms with van der Waals surface area (Å²) in [4.78, 5) is 0. The molecule has 0 radical (unpaired) electrons. The van der Waals surface area contributed by atoms with Gasteiger partial charge in [0.1, 0.15) is 0 Å². The molecule has 1 aromatic carbocycles. The van der Waals surface area contributed by atoms with Crippen molar-refractivity contribution in [3.05, 3.63) is 35.4 Å². The first kappa shape index (κ1) is 11.1. The van der Waals surface area contributed by atoms with Gasteiger partial charge < -0.3 is 0 Å². The minimum absolute atomic E-state index is 0.0134. The summed E-state index contributed by atoms with van der Waals surface area (Å²) in [7, 11) is 0. The summed E-state index contributed by atoms with van der Waals surface area (Å²) in [6.07, 6.45) is -4.34. The minimum Gasteiger partial charge on any atom is -0.166 e. The van der Waals surface area contributed by atoms with E-state index in [1.807, 2.05) is 0 Å². The molecule has 0 spiro atoms. The summed E-state index contributed by atoms with van der Waals surface area (Å²) in [5.74, 6) is 5.00. The molecule has 0 atom stereocenters. The van der Waals surface area contributed by atoms with E-state index >= 15 is 0 Å². The van der Waals surface area contributed by atoms with Gasteiger partial charge in [-0.1, -0.05) is 39.9 Å². The third kappa shape index (κ3) is 2.78. The fourth-order valence-electron chi connectivity index (χ4n) is 0.968. The molecule has 1 aromatic rings. The zero-order valence-electron chi connectivity index (χ0n) is 7.03. The lowest BCUT2D eigenvalue weighted by Gasteiger charge is -2.07. The predicted octanol–water partition coefficient (Wildman–Crippen LogP) is 3.45. The summed E-state index contributed by atoms with van der Waals surface area (Å²) < 4.78 is 37.2. The van der Waals surface area contributed by atoms with Gasteiger partial charge in [-0.25, -0.2) is 0 Å². The molecule has 1 rings (SSSR count). The Kier molecular flexibility index (Phi) is 3.59. The molecule has 0 aliphatic heterocycles. The van der Waals surface area contributed by atoms with Crippen LogP contribution in [-0.2, 0) is 6.18 Å². The fraction of sp³-hybridized carbons (Fsp3) is 0.200. The van der Waals surface area contributed by atoms with Crippen LogP contribution in [0.1, 0.15) is 11.1 Å². The van der Waals surface area contributed by atoms with E-state index in [1.54, 1.807) is 0 Å². The Labute approximate surface area is 88.3 Å². The van der Waals surface area contributed by atoms with Crippen molar-refractivity contribution in [1.29, 1.82) is 0 Å². The largest absolute Gasteiger partial charge is 0.417 e. The van der Waals surface area contributed by atoms with Crippen molar-refractivity contribution in [1.82, 2.24) is 0 Å². The molecular weight excluding hydrogens is 257 g/mol. The Hall–Kier alpha value is -0.950. The quantitative estimate of drug-likeness (QED) is 0.496. The number of halogens is 4. The second-order valence-electron chi connectivity index (χ2n) is 2.48. The molecule has 0 heterocycles. The maximum Gasteiger partial charge on any atom is 0.417 e. The minimum atomic E-state index is -4.34. The van der Waals surface area contributed by atoms with E-state index in [1.165, 1.54) is 18.2 Å². The van der Waals surface area contributed by atoms with Gasteiger partial charge in [-0.15, -0.1) is 0 Å². The van der Waals surface area contributed by atoms with Gasteiger partial charge in [-0.2, -0.15) is 13.2 Å². The second-order valence-corrected chi connectivity index (χ2v) is 3.04.